The molecule has 0 spiro atoms. The lowest BCUT2D eigenvalue weighted by Gasteiger charge is -2.17. The number of pyridine rings is 1. The highest BCUT2D eigenvalue weighted by Crippen LogP contribution is 2.28. The average molecular weight is 437 g/mol. The molecular formula is C25H25ClN2O3. The Morgan fingerprint density at radius 3 is 2.42 bits per heavy atom. The second-order valence-electron chi connectivity index (χ2n) is 7.14. The highest BCUT2D eigenvalue weighted by molar-refractivity contribution is 6.34. The number of methoxy groups -OCH3 is 1. The van der Waals surface area contributed by atoms with Gasteiger partial charge in [-0.25, -0.2) is 4.98 Å². The molecule has 0 N–H and O–H groups in total. The van der Waals surface area contributed by atoms with Crippen LogP contribution in [0, 0.1) is 0 Å². The molecule has 0 radical (unpaired) electrons. The summed E-state index contributed by atoms with van der Waals surface area (Å²) in [6.07, 6.45) is 2.95. The highest BCUT2D eigenvalue weighted by Gasteiger charge is 2.14. The number of nitrogens with zero attached hydrogens (tertiary/aromatic N) is 2. The first-order chi connectivity index (χ1) is 14.9. The number of Topliss-reactive ketones (excluding diaryl/α,β-unsaturated/α-hetero) is 1. The molecule has 0 saturated carbocycles. The summed E-state index contributed by atoms with van der Waals surface area (Å²) in [5, 5.41) is 0.419. The van der Waals surface area contributed by atoms with E-state index in [0.29, 0.717) is 35.7 Å². The topological polar surface area (TPSA) is 59.5 Å². The van der Waals surface area contributed by atoms with E-state index in [0.717, 1.165) is 22.4 Å². The zero-order valence-electron chi connectivity index (χ0n) is 17.9. The van der Waals surface area contributed by atoms with E-state index >= 15 is 0 Å². The van der Waals surface area contributed by atoms with E-state index in [4.69, 9.17) is 16.3 Å². The summed E-state index contributed by atoms with van der Waals surface area (Å²) in [7, 11) is 3.33. The first-order valence-electron chi connectivity index (χ1n) is 10.1. The lowest BCUT2D eigenvalue weighted by Crippen LogP contribution is -2.24. The van der Waals surface area contributed by atoms with Crippen molar-refractivity contribution in [1.82, 2.24) is 4.98 Å². The predicted octanol–water partition coefficient (Wildman–Crippen LogP) is 5.60. The number of aromatic nitrogens is 1. The number of carbonyl (C=O) groups is 2. The quantitative estimate of drug-likeness (QED) is 0.431. The Morgan fingerprint density at radius 1 is 1.06 bits per heavy atom. The minimum atomic E-state index is -0.0301. The van der Waals surface area contributed by atoms with Gasteiger partial charge in [0.15, 0.2) is 5.78 Å². The van der Waals surface area contributed by atoms with Crippen LogP contribution in [0.5, 0.6) is 5.88 Å². The van der Waals surface area contributed by atoms with Gasteiger partial charge in [-0.05, 0) is 47.9 Å². The summed E-state index contributed by atoms with van der Waals surface area (Å²) in [5.74, 6) is 0.562. The van der Waals surface area contributed by atoms with Crippen molar-refractivity contribution in [1.29, 1.82) is 0 Å². The van der Waals surface area contributed by atoms with Crippen LogP contribution in [-0.4, -0.2) is 30.8 Å². The Bertz CT molecular complexity index is 1080. The van der Waals surface area contributed by atoms with E-state index in [1.165, 1.54) is 0 Å². The van der Waals surface area contributed by atoms with Crippen LogP contribution in [0.4, 0.5) is 5.69 Å². The molecule has 1 aromatic heterocycles. The fraction of sp³-hybridized carbons (Fsp3) is 0.240. The predicted molar refractivity (Wildman–Crippen MR) is 124 cm³/mol. The first kappa shape index (κ1) is 22.5. The molecule has 5 nitrogen and oxygen atoms in total. The number of hydrogen-bond donors (Lipinski definition) is 0. The van der Waals surface area contributed by atoms with Gasteiger partial charge in [0.1, 0.15) is 0 Å². The molecule has 1 heterocycles. The molecule has 0 aliphatic carbocycles. The number of benzene rings is 2. The molecule has 3 aromatic rings. The molecule has 2 aromatic carbocycles. The summed E-state index contributed by atoms with van der Waals surface area (Å²) in [6.45, 7) is 1.84. The summed E-state index contributed by atoms with van der Waals surface area (Å²) < 4.78 is 5.24. The minimum absolute atomic E-state index is 0.0301. The molecule has 0 aliphatic rings. The smallest absolute Gasteiger partial charge is 0.226 e. The third kappa shape index (κ3) is 5.30. The van der Waals surface area contributed by atoms with E-state index < -0.39 is 0 Å². The monoisotopic (exact) mass is 436 g/mol. The Kier molecular flexibility index (Phi) is 7.42. The summed E-state index contributed by atoms with van der Waals surface area (Å²) in [5.41, 5.74) is 4.09. The molecule has 0 bridgehead atoms. The van der Waals surface area contributed by atoms with Gasteiger partial charge in [-0.1, -0.05) is 42.8 Å². The maximum Gasteiger partial charge on any atom is 0.226 e. The van der Waals surface area contributed by atoms with E-state index in [-0.39, 0.29) is 11.7 Å². The number of amides is 1. The van der Waals surface area contributed by atoms with Crippen molar-refractivity contribution in [3.8, 4) is 17.0 Å². The van der Waals surface area contributed by atoms with E-state index in [2.05, 4.69) is 4.98 Å². The summed E-state index contributed by atoms with van der Waals surface area (Å²) in [6, 6.07) is 16.9. The maximum atomic E-state index is 12.7. The van der Waals surface area contributed by atoms with Crippen LogP contribution in [0.1, 0.15) is 35.7 Å². The van der Waals surface area contributed by atoms with Gasteiger partial charge in [-0.15, -0.1) is 0 Å². The van der Waals surface area contributed by atoms with Crippen molar-refractivity contribution in [2.75, 3.05) is 19.1 Å². The molecular weight excluding hydrogens is 412 g/mol. The fourth-order valence-corrected chi connectivity index (χ4v) is 3.65. The van der Waals surface area contributed by atoms with Gasteiger partial charge in [0.2, 0.25) is 11.8 Å². The van der Waals surface area contributed by atoms with Crippen LogP contribution >= 0.6 is 11.6 Å². The van der Waals surface area contributed by atoms with Crippen molar-refractivity contribution >= 4 is 29.0 Å². The lowest BCUT2D eigenvalue weighted by molar-refractivity contribution is -0.118. The van der Waals surface area contributed by atoms with E-state index in [1.54, 1.807) is 37.4 Å². The van der Waals surface area contributed by atoms with Gasteiger partial charge >= 0.3 is 0 Å². The highest BCUT2D eigenvalue weighted by atomic mass is 35.5. The molecule has 3 rings (SSSR count). The number of halogens is 1. The molecule has 0 atom stereocenters. The van der Waals surface area contributed by atoms with Gasteiger partial charge in [0.25, 0.3) is 0 Å². The largest absolute Gasteiger partial charge is 0.481 e. The zero-order chi connectivity index (χ0) is 22.4. The number of anilines is 1. The van der Waals surface area contributed by atoms with Gasteiger partial charge in [-0.2, -0.15) is 0 Å². The number of hydrogen-bond acceptors (Lipinski definition) is 4. The molecule has 0 saturated heterocycles. The summed E-state index contributed by atoms with van der Waals surface area (Å²) >= 11 is 6.45. The van der Waals surface area contributed by atoms with Crippen LogP contribution in [0.3, 0.4) is 0 Å². The number of ether oxygens (including phenoxy) is 1. The van der Waals surface area contributed by atoms with Crippen molar-refractivity contribution in [2.24, 2.45) is 0 Å². The van der Waals surface area contributed by atoms with Gasteiger partial charge in [0, 0.05) is 42.9 Å². The van der Waals surface area contributed by atoms with Gasteiger partial charge < -0.3 is 9.64 Å². The first-order valence-corrected chi connectivity index (χ1v) is 10.5. The third-order valence-electron chi connectivity index (χ3n) is 5.20. The normalized spacial score (nSPS) is 10.6. The van der Waals surface area contributed by atoms with Crippen molar-refractivity contribution in [3.63, 3.8) is 0 Å². The number of ketones is 1. The molecule has 0 fully saturated rings. The van der Waals surface area contributed by atoms with Crippen molar-refractivity contribution < 1.29 is 14.3 Å². The van der Waals surface area contributed by atoms with Crippen LogP contribution in [-0.2, 0) is 11.2 Å². The molecule has 1 amide bonds. The second kappa shape index (κ2) is 10.2. The van der Waals surface area contributed by atoms with Gasteiger partial charge in [0.05, 0.1) is 12.1 Å². The maximum absolute atomic E-state index is 12.7. The Morgan fingerprint density at radius 2 is 1.77 bits per heavy atom. The lowest BCUT2D eigenvalue weighted by atomic mass is 9.99. The molecule has 0 unspecified atom stereocenters. The number of rotatable bonds is 8. The standard InChI is InChI=1S/C25H25ClN2O3/c1-4-24(30)28(2)20-11-7-17(8-12-20)19-9-13-21(22(26)16-19)23(29)14-10-18-6-5-15-27-25(18)31-3/h5-9,11-13,15-16H,4,10,14H2,1-3H3. The minimum Gasteiger partial charge on any atom is -0.481 e. The van der Waals surface area contributed by atoms with Crippen LogP contribution in [0.2, 0.25) is 5.02 Å². The van der Waals surface area contributed by atoms with E-state index in [9.17, 15) is 9.59 Å². The van der Waals surface area contributed by atoms with Crippen LogP contribution in [0.25, 0.3) is 11.1 Å². The molecule has 6 heteroatoms. The number of aryl methyl sites for hydroxylation is 1. The third-order valence-corrected chi connectivity index (χ3v) is 5.51. The SMILES string of the molecule is CCC(=O)N(C)c1ccc(-c2ccc(C(=O)CCc3cccnc3OC)c(Cl)c2)cc1. The average Bonchev–Trinajstić information content (AvgIpc) is 2.81. The zero-order valence-corrected chi connectivity index (χ0v) is 18.6. The number of carbonyl (C=O) groups excluding carboxylic acids is 2. The Balaban J connectivity index is 1.72. The van der Waals surface area contributed by atoms with Crippen LogP contribution < -0.4 is 9.64 Å². The van der Waals surface area contributed by atoms with Crippen LogP contribution in [0.15, 0.2) is 60.8 Å². The molecule has 31 heavy (non-hydrogen) atoms. The van der Waals surface area contributed by atoms with E-state index in [1.807, 2.05) is 49.4 Å². The molecule has 0 aliphatic heterocycles. The van der Waals surface area contributed by atoms with Crippen molar-refractivity contribution in [2.45, 2.75) is 26.2 Å². The Labute approximate surface area is 187 Å². The fourth-order valence-electron chi connectivity index (χ4n) is 3.36. The second-order valence-corrected chi connectivity index (χ2v) is 7.55. The molecule has 160 valence electrons. The van der Waals surface area contributed by atoms with Gasteiger partial charge in [-0.3, -0.25) is 9.59 Å². The Hall–Kier alpha value is -3.18. The summed E-state index contributed by atoms with van der Waals surface area (Å²) in [4.78, 5) is 30.4. The van der Waals surface area contributed by atoms with Crippen molar-refractivity contribution in [3.05, 3.63) is 76.9 Å².